The van der Waals surface area contributed by atoms with Crippen LogP contribution in [-0.2, 0) is 28.6 Å². The Morgan fingerprint density at radius 2 is 0.514 bits per heavy atom. The molecule has 0 radical (unpaired) electrons. The monoisotopic (exact) mass is 977 g/mol. The van der Waals surface area contributed by atoms with Gasteiger partial charge >= 0.3 is 17.9 Å². The molecule has 1 atom stereocenters. The maximum Gasteiger partial charge on any atom is 0.306 e. The largest absolute Gasteiger partial charge is 0.462 e. The van der Waals surface area contributed by atoms with Gasteiger partial charge in [-0.15, -0.1) is 0 Å². The predicted molar refractivity (Wildman–Crippen MR) is 302 cm³/mol. The molecule has 0 aliphatic heterocycles. The van der Waals surface area contributed by atoms with Crippen LogP contribution in [-0.4, -0.2) is 37.2 Å². The van der Waals surface area contributed by atoms with Gasteiger partial charge in [0.25, 0.3) is 0 Å². The summed E-state index contributed by atoms with van der Waals surface area (Å²) in [4.78, 5) is 38.2. The van der Waals surface area contributed by atoms with Gasteiger partial charge in [-0.25, -0.2) is 0 Å². The molecule has 6 heteroatoms. The smallest absolute Gasteiger partial charge is 0.306 e. The SMILES string of the molecule is CCCCC/C=C\C/C=C\CCCCCCCCCC(=O)OCC(COC(=O)CCCCCCCCC/C=C\C/C=C\CCCCCC)OC(=O)CCCCCCCCC/C=C\C/C=C\CCCCC. The van der Waals surface area contributed by atoms with E-state index in [2.05, 4.69) is 93.7 Å². The van der Waals surface area contributed by atoms with E-state index in [0.717, 1.165) is 96.3 Å². The van der Waals surface area contributed by atoms with Crippen LogP contribution in [0.5, 0.6) is 0 Å². The lowest BCUT2D eigenvalue weighted by Gasteiger charge is -2.18. The van der Waals surface area contributed by atoms with Crippen LogP contribution in [0.2, 0.25) is 0 Å². The Hall–Kier alpha value is -3.15. The quantitative estimate of drug-likeness (QED) is 0.0261. The van der Waals surface area contributed by atoms with Crippen LogP contribution in [0.25, 0.3) is 0 Å². The second kappa shape index (κ2) is 58.4. The molecule has 0 rings (SSSR count). The molecule has 0 bridgehead atoms. The summed E-state index contributed by atoms with van der Waals surface area (Å²) in [5.41, 5.74) is 0. The highest BCUT2D eigenvalue weighted by Gasteiger charge is 2.19. The Kier molecular flexibility index (Phi) is 55.8. The van der Waals surface area contributed by atoms with Gasteiger partial charge in [-0.1, -0.05) is 235 Å². The van der Waals surface area contributed by atoms with Crippen LogP contribution in [0, 0.1) is 0 Å². The molecule has 70 heavy (non-hydrogen) atoms. The molecular formula is C64H112O6. The third-order valence-corrected chi connectivity index (χ3v) is 12.9. The first-order valence-electron chi connectivity index (χ1n) is 29.9. The molecule has 0 aliphatic rings. The van der Waals surface area contributed by atoms with Crippen molar-refractivity contribution in [3.8, 4) is 0 Å². The van der Waals surface area contributed by atoms with E-state index in [9.17, 15) is 14.4 Å². The summed E-state index contributed by atoms with van der Waals surface area (Å²) in [6.45, 7) is 6.58. The van der Waals surface area contributed by atoms with Gasteiger partial charge < -0.3 is 14.2 Å². The number of rotatable bonds is 54. The first-order valence-corrected chi connectivity index (χ1v) is 29.9. The molecule has 0 saturated heterocycles. The second-order valence-electron chi connectivity index (χ2n) is 19.9. The van der Waals surface area contributed by atoms with Crippen molar-refractivity contribution in [1.29, 1.82) is 0 Å². The Balaban J connectivity index is 4.41. The van der Waals surface area contributed by atoms with Crippen molar-refractivity contribution in [3.63, 3.8) is 0 Å². The van der Waals surface area contributed by atoms with E-state index in [1.165, 1.54) is 161 Å². The van der Waals surface area contributed by atoms with Crippen molar-refractivity contribution in [1.82, 2.24) is 0 Å². The van der Waals surface area contributed by atoms with Crippen molar-refractivity contribution in [2.45, 2.75) is 303 Å². The fraction of sp³-hybridized carbons (Fsp3) is 0.766. The van der Waals surface area contributed by atoms with Gasteiger partial charge in [0, 0.05) is 19.3 Å². The number of esters is 3. The molecule has 0 heterocycles. The molecule has 0 spiro atoms. The average molecular weight is 978 g/mol. The van der Waals surface area contributed by atoms with Crippen LogP contribution in [0.3, 0.4) is 0 Å². The zero-order chi connectivity index (χ0) is 50.7. The summed E-state index contributed by atoms with van der Waals surface area (Å²) < 4.78 is 16.9. The van der Waals surface area contributed by atoms with Crippen molar-refractivity contribution in [2.75, 3.05) is 13.2 Å². The van der Waals surface area contributed by atoms with Gasteiger partial charge in [-0.05, 0) is 116 Å². The third kappa shape index (κ3) is 55.8. The molecule has 0 aromatic carbocycles. The van der Waals surface area contributed by atoms with E-state index < -0.39 is 6.10 Å². The molecule has 0 aliphatic carbocycles. The normalized spacial score (nSPS) is 12.6. The topological polar surface area (TPSA) is 78.9 Å². The first kappa shape index (κ1) is 66.9. The van der Waals surface area contributed by atoms with Crippen LogP contribution in [0.15, 0.2) is 72.9 Å². The Morgan fingerprint density at radius 1 is 0.286 bits per heavy atom. The summed E-state index contributed by atoms with van der Waals surface area (Å²) in [6.07, 6.45) is 74.5. The van der Waals surface area contributed by atoms with Gasteiger partial charge in [0.1, 0.15) is 13.2 Å². The molecule has 1 unspecified atom stereocenters. The molecule has 404 valence electrons. The first-order chi connectivity index (χ1) is 34.5. The van der Waals surface area contributed by atoms with Gasteiger partial charge in [-0.3, -0.25) is 14.4 Å². The number of hydrogen-bond donors (Lipinski definition) is 0. The Bertz CT molecular complexity index is 1310. The van der Waals surface area contributed by atoms with Crippen LogP contribution in [0.1, 0.15) is 297 Å². The minimum absolute atomic E-state index is 0.0848. The van der Waals surface area contributed by atoms with Crippen molar-refractivity contribution in [2.24, 2.45) is 0 Å². The van der Waals surface area contributed by atoms with Gasteiger partial charge in [-0.2, -0.15) is 0 Å². The summed E-state index contributed by atoms with van der Waals surface area (Å²) in [6, 6.07) is 0. The van der Waals surface area contributed by atoms with Crippen LogP contribution in [0.4, 0.5) is 0 Å². The number of hydrogen-bond acceptors (Lipinski definition) is 6. The number of allylic oxidation sites excluding steroid dienone is 12. The average Bonchev–Trinajstić information content (AvgIpc) is 3.36. The molecule has 0 saturated carbocycles. The molecule has 0 amide bonds. The zero-order valence-corrected chi connectivity index (χ0v) is 46.3. The molecule has 0 aromatic rings. The van der Waals surface area contributed by atoms with Crippen LogP contribution < -0.4 is 0 Å². The van der Waals surface area contributed by atoms with Gasteiger partial charge in [0.2, 0.25) is 0 Å². The third-order valence-electron chi connectivity index (χ3n) is 12.9. The summed E-state index contributed by atoms with van der Waals surface area (Å²) >= 11 is 0. The summed E-state index contributed by atoms with van der Waals surface area (Å²) in [7, 11) is 0. The van der Waals surface area contributed by atoms with E-state index in [1.807, 2.05) is 0 Å². The predicted octanol–water partition coefficient (Wildman–Crippen LogP) is 20.2. The Morgan fingerprint density at radius 3 is 0.814 bits per heavy atom. The number of carbonyl (C=O) groups excluding carboxylic acids is 3. The highest BCUT2D eigenvalue weighted by atomic mass is 16.6. The minimum Gasteiger partial charge on any atom is -0.462 e. The fourth-order valence-corrected chi connectivity index (χ4v) is 8.36. The van der Waals surface area contributed by atoms with Crippen LogP contribution >= 0.6 is 0 Å². The second-order valence-corrected chi connectivity index (χ2v) is 19.9. The van der Waals surface area contributed by atoms with Crippen molar-refractivity contribution in [3.05, 3.63) is 72.9 Å². The molecule has 0 N–H and O–H groups in total. The van der Waals surface area contributed by atoms with E-state index in [-0.39, 0.29) is 31.1 Å². The summed E-state index contributed by atoms with van der Waals surface area (Å²) in [5, 5.41) is 0. The number of unbranched alkanes of at least 4 members (excludes halogenated alkanes) is 31. The van der Waals surface area contributed by atoms with Gasteiger partial charge in [0.05, 0.1) is 0 Å². The van der Waals surface area contributed by atoms with E-state index in [4.69, 9.17) is 14.2 Å². The standard InChI is InChI=1S/C64H112O6/c1-4-7-10-13-16-19-22-25-28-31-34-36-39-42-45-48-51-54-57-63(66)69-60-61(70-64(67)58-55-52-49-46-43-40-37-33-30-27-24-21-18-15-12-9-6-3)59-68-62(65)56-53-50-47-44-41-38-35-32-29-26-23-20-17-14-11-8-5-2/h17-22,26-31,61H,4-16,23-25,32-60H2,1-3H3/b20-17-,21-18-,22-19-,29-26-,30-27-,31-28-. The fourth-order valence-electron chi connectivity index (χ4n) is 8.36. The lowest BCUT2D eigenvalue weighted by atomic mass is 10.1. The van der Waals surface area contributed by atoms with Crippen molar-refractivity contribution < 1.29 is 28.6 Å². The molecule has 6 nitrogen and oxygen atoms in total. The highest BCUT2D eigenvalue weighted by molar-refractivity contribution is 5.71. The Labute approximate surface area is 433 Å². The zero-order valence-electron chi connectivity index (χ0n) is 46.3. The maximum absolute atomic E-state index is 12.9. The van der Waals surface area contributed by atoms with E-state index in [0.29, 0.717) is 19.3 Å². The van der Waals surface area contributed by atoms with E-state index in [1.54, 1.807) is 0 Å². The van der Waals surface area contributed by atoms with Crippen molar-refractivity contribution >= 4 is 17.9 Å². The maximum atomic E-state index is 12.9. The molecule has 0 aromatic heterocycles. The van der Waals surface area contributed by atoms with E-state index >= 15 is 0 Å². The lowest BCUT2D eigenvalue weighted by molar-refractivity contribution is -0.167. The minimum atomic E-state index is -0.787. The van der Waals surface area contributed by atoms with Gasteiger partial charge in [0.15, 0.2) is 6.10 Å². The number of carbonyl (C=O) groups is 3. The molecule has 0 fully saturated rings. The molecular weight excluding hydrogens is 865 g/mol. The number of ether oxygens (including phenoxy) is 3. The lowest BCUT2D eigenvalue weighted by Crippen LogP contribution is -2.30. The highest BCUT2D eigenvalue weighted by Crippen LogP contribution is 2.15. The summed E-state index contributed by atoms with van der Waals surface area (Å²) in [5.74, 6) is -0.897.